The largest absolute Gasteiger partial charge is 0.392 e. The van der Waals surface area contributed by atoms with E-state index in [4.69, 9.17) is 21.1 Å². The highest BCUT2D eigenvalue weighted by atomic mass is 35.5. The van der Waals surface area contributed by atoms with Gasteiger partial charge in [-0.25, -0.2) is 0 Å². The summed E-state index contributed by atoms with van der Waals surface area (Å²) >= 11 is 7.57. The van der Waals surface area contributed by atoms with Crippen molar-refractivity contribution in [3.05, 3.63) is 94.6 Å². The Balaban J connectivity index is 1.18. The Morgan fingerprint density at radius 2 is 1.80 bits per heavy atom. The van der Waals surface area contributed by atoms with Gasteiger partial charge in [0.25, 0.3) is 0 Å². The zero-order chi connectivity index (χ0) is 31.1. The summed E-state index contributed by atoms with van der Waals surface area (Å²) in [4.78, 5) is 25.0. The molecule has 1 saturated heterocycles. The van der Waals surface area contributed by atoms with Crippen molar-refractivity contribution in [1.82, 2.24) is 0 Å². The number of ether oxygens (including phenoxy) is 2. The van der Waals surface area contributed by atoms with E-state index in [1.165, 1.54) is 0 Å². The van der Waals surface area contributed by atoms with Crippen molar-refractivity contribution in [3.8, 4) is 0 Å². The zero-order valence-corrected chi connectivity index (χ0v) is 25.8. The average Bonchev–Trinajstić information content (AvgIpc) is 3.51. The number of carbonyl (C=O) groups excluding carboxylic acids is 2. The maximum absolute atomic E-state index is 13.8. The van der Waals surface area contributed by atoms with E-state index in [2.05, 4.69) is 0 Å². The number of aliphatic hydroxyl groups excluding tert-OH is 3. The predicted octanol–water partition coefficient (Wildman–Crippen LogP) is 4.73. The van der Waals surface area contributed by atoms with Gasteiger partial charge in [0.2, 0.25) is 0 Å². The summed E-state index contributed by atoms with van der Waals surface area (Å²) in [7, 11) is 0. The normalized spacial score (nSPS) is 40.5. The molecule has 3 N–H and O–H groups in total. The number of hydrogen-bond donors (Lipinski definition) is 3. The maximum Gasteiger partial charge on any atom is 0.193 e. The van der Waals surface area contributed by atoms with Gasteiger partial charge in [0.05, 0.1) is 23.7 Å². The van der Waals surface area contributed by atoms with Crippen molar-refractivity contribution < 1.29 is 34.4 Å². The molecule has 7 nitrogen and oxygen atoms in total. The smallest absolute Gasteiger partial charge is 0.193 e. The second kappa shape index (κ2) is 10.4. The Morgan fingerprint density at radius 3 is 2.52 bits per heavy atom. The number of hydrogen-bond acceptors (Lipinski definition) is 7. The number of allylic oxidation sites excluding steroid dienone is 4. The Morgan fingerprint density at radius 1 is 1.05 bits per heavy atom. The van der Waals surface area contributed by atoms with E-state index < -0.39 is 52.2 Å². The lowest BCUT2D eigenvalue weighted by Crippen LogP contribution is -2.69. The van der Waals surface area contributed by atoms with Gasteiger partial charge in [-0.3, -0.25) is 9.59 Å². The molecule has 1 heterocycles. The van der Waals surface area contributed by atoms with Crippen LogP contribution in [0.2, 0.25) is 0 Å². The van der Waals surface area contributed by atoms with E-state index in [1.807, 2.05) is 68.5 Å². The number of Topliss-reactive ketones (excluding diaryl/α,β-unsaturated/α-hetero) is 1. The third-order valence-electron chi connectivity index (χ3n) is 11.8. The third kappa shape index (κ3) is 4.00. The number of halogens is 1. The van der Waals surface area contributed by atoms with Crippen molar-refractivity contribution in [3.63, 3.8) is 0 Å². The van der Waals surface area contributed by atoms with E-state index >= 15 is 0 Å². The van der Waals surface area contributed by atoms with E-state index in [-0.39, 0.29) is 30.6 Å². The van der Waals surface area contributed by atoms with Crippen LogP contribution in [-0.2, 0) is 32.1 Å². The number of alkyl halides is 1. The molecular weight excluding hydrogens is 580 g/mol. The van der Waals surface area contributed by atoms with E-state index in [1.54, 1.807) is 12.2 Å². The summed E-state index contributed by atoms with van der Waals surface area (Å²) in [5, 5.41) is 31.7. The van der Waals surface area contributed by atoms with E-state index in [0.717, 1.165) is 27.8 Å². The van der Waals surface area contributed by atoms with Gasteiger partial charge in [0.1, 0.15) is 6.61 Å². The second-order valence-corrected chi connectivity index (χ2v) is 14.4. The number of fused-ring (bicyclic) bond motifs is 7. The molecule has 44 heavy (non-hydrogen) atoms. The Hall–Kier alpha value is -2.65. The standard InChI is InChI=1S/C36H39ClO7/c1-33-13-12-26(40)16-25(33)10-11-27-28-17-31-36(30(42)20-39,34(28,2)18-29(41)35(27,33)37)44-32(43-31)24-8-6-21(7-9-24)14-22-4-3-5-23(15-22)19-38/h3-9,12-13,15-16,27-29,31-32,38-39,41H,10-11,14,17-20H2,1-2H3/t27-,28-,29-,31+,32+,33-,34-,35-,36+/m0/s1. The molecule has 9 atom stereocenters. The van der Waals surface area contributed by atoms with Gasteiger partial charge in [-0.2, -0.15) is 0 Å². The second-order valence-electron chi connectivity index (χ2n) is 13.8. The molecule has 7 rings (SSSR count). The zero-order valence-electron chi connectivity index (χ0n) is 25.0. The number of carbonyl (C=O) groups is 2. The van der Waals surface area contributed by atoms with E-state index in [0.29, 0.717) is 25.7 Å². The molecule has 0 radical (unpaired) electrons. The Kier molecular flexibility index (Phi) is 7.13. The molecular formula is C36H39ClO7. The molecule has 5 aliphatic rings. The molecule has 0 bridgehead atoms. The monoisotopic (exact) mass is 618 g/mol. The SMILES string of the molecule is C[C@]12C=CC(=O)C=C1CC[C@H]1[C@@H]3C[C@H]4O[C@@H](c5ccc(Cc6cccc(CO)c6)cc5)O[C@@]4(C(=O)CO)[C@@]3(C)C[C@H](O)[C@@]12Cl. The van der Waals surface area contributed by atoms with Gasteiger partial charge < -0.3 is 24.8 Å². The minimum absolute atomic E-state index is 0.00248. The molecule has 8 heteroatoms. The molecule has 0 amide bonds. The van der Waals surface area contributed by atoms with Crippen LogP contribution in [0.1, 0.15) is 68.1 Å². The molecule has 2 aromatic rings. The summed E-state index contributed by atoms with van der Waals surface area (Å²) in [5.74, 6) is -0.770. The topological polar surface area (TPSA) is 113 Å². The van der Waals surface area contributed by atoms with Crippen LogP contribution in [0.4, 0.5) is 0 Å². The summed E-state index contributed by atoms with van der Waals surface area (Å²) in [6.45, 7) is 3.31. The number of aliphatic hydroxyl groups is 3. The fourth-order valence-corrected chi connectivity index (χ4v) is 10.1. The minimum atomic E-state index is -1.44. The van der Waals surface area contributed by atoms with Crippen molar-refractivity contribution in [2.75, 3.05) is 6.61 Å². The quantitative estimate of drug-likeness (QED) is 0.401. The molecule has 0 spiro atoms. The molecule has 0 unspecified atom stereocenters. The molecule has 1 aliphatic heterocycles. The van der Waals surface area contributed by atoms with Crippen molar-refractivity contribution >= 4 is 23.2 Å². The van der Waals surface area contributed by atoms with Crippen LogP contribution >= 0.6 is 11.6 Å². The first-order valence-electron chi connectivity index (χ1n) is 15.6. The summed E-state index contributed by atoms with van der Waals surface area (Å²) < 4.78 is 13.3. The van der Waals surface area contributed by atoms with Gasteiger partial charge in [-0.15, -0.1) is 11.6 Å². The summed E-state index contributed by atoms with van der Waals surface area (Å²) in [5.41, 5.74) is 1.79. The van der Waals surface area contributed by atoms with Crippen LogP contribution in [0.15, 0.2) is 72.3 Å². The van der Waals surface area contributed by atoms with Crippen molar-refractivity contribution in [1.29, 1.82) is 0 Å². The molecule has 4 aliphatic carbocycles. The van der Waals surface area contributed by atoms with Crippen LogP contribution in [-0.4, -0.2) is 56.2 Å². The first-order chi connectivity index (χ1) is 21.0. The van der Waals surface area contributed by atoms with Crippen LogP contribution in [0.3, 0.4) is 0 Å². The maximum atomic E-state index is 13.8. The highest BCUT2D eigenvalue weighted by Gasteiger charge is 2.78. The van der Waals surface area contributed by atoms with Gasteiger partial charge in [0, 0.05) is 16.4 Å². The molecule has 3 saturated carbocycles. The van der Waals surface area contributed by atoms with Crippen LogP contribution < -0.4 is 0 Å². The fraction of sp³-hybridized carbons (Fsp3) is 0.500. The minimum Gasteiger partial charge on any atom is -0.392 e. The first-order valence-corrected chi connectivity index (χ1v) is 15.9. The number of rotatable bonds is 6. The number of benzene rings is 2. The van der Waals surface area contributed by atoms with Gasteiger partial charge in [0.15, 0.2) is 23.5 Å². The Bertz CT molecular complexity index is 1570. The lowest BCUT2D eigenvalue weighted by molar-refractivity contribution is -0.197. The van der Waals surface area contributed by atoms with Gasteiger partial charge >= 0.3 is 0 Å². The fourth-order valence-electron chi connectivity index (χ4n) is 9.59. The van der Waals surface area contributed by atoms with Crippen molar-refractivity contribution in [2.24, 2.45) is 22.7 Å². The van der Waals surface area contributed by atoms with E-state index in [9.17, 15) is 24.9 Å². The van der Waals surface area contributed by atoms with Crippen LogP contribution in [0.5, 0.6) is 0 Å². The van der Waals surface area contributed by atoms with Crippen LogP contribution in [0.25, 0.3) is 0 Å². The lowest BCUT2D eigenvalue weighted by atomic mass is 9.45. The predicted molar refractivity (Wildman–Crippen MR) is 164 cm³/mol. The molecule has 232 valence electrons. The highest BCUT2D eigenvalue weighted by Crippen LogP contribution is 2.73. The van der Waals surface area contributed by atoms with Crippen LogP contribution in [0, 0.1) is 22.7 Å². The van der Waals surface area contributed by atoms with Gasteiger partial charge in [-0.1, -0.05) is 74.0 Å². The summed E-state index contributed by atoms with van der Waals surface area (Å²) in [6.07, 6.45) is 5.44. The molecule has 4 fully saturated rings. The lowest BCUT2D eigenvalue weighted by Gasteiger charge is -2.64. The average molecular weight is 619 g/mol. The highest BCUT2D eigenvalue weighted by molar-refractivity contribution is 6.26. The number of ketones is 2. The molecule has 2 aromatic carbocycles. The molecule has 0 aromatic heterocycles. The first kappa shape index (κ1) is 30.0. The third-order valence-corrected chi connectivity index (χ3v) is 12.7. The summed E-state index contributed by atoms with van der Waals surface area (Å²) in [6, 6.07) is 15.8. The Labute approximate surface area is 262 Å². The van der Waals surface area contributed by atoms with Crippen molar-refractivity contribution in [2.45, 2.75) is 81.5 Å². The van der Waals surface area contributed by atoms with Gasteiger partial charge in [-0.05, 0) is 72.8 Å².